The van der Waals surface area contributed by atoms with Crippen LogP contribution in [0.25, 0.3) is 0 Å². The first-order valence-electron chi connectivity index (χ1n) is 5.43. The number of rotatable bonds is 3. The van der Waals surface area contributed by atoms with E-state index in [0.29, 0.717) is 10.0 Å². The van der Waals surface area contributed by atoms with Crippen molar-refractivity contribution in [2.24, 2.45) is 5.73 Å². The van der Waals surface area contributed by atoms with E-state index in [1.807, 2.05) is 36.2 Å². The van der Waals surface area contributed by atoms with E-state index < -0.39 is 0 Å². The molecule has 2 rings (SSSR count). The predicted octanol–water partition coefficient (Wildman–Crippen LogP) is 3.90. The Morgan fingerprint density at radius 2 is 2.16 bits per heavy atom. The molecule has 0 bridgehead atoms. The number of aromatic nitrogens is 1. The maximum atomic E-state index is 5.89. The smallest absolute Gasteiger partial charge is 0.147 e. The summed E-state index contributed by atoms with van der Waals surface area (Å²) in [6.45, 7) is 0. The number of pyridine rings is 1. The van der Waals surface area contributed by atoms with Crippen LogP contribution in [0.5, 0.6) is 0 Å². The second kappa shape index (κ2) is 5.86. The number of anilines is 2. The van der Waals surface area contributed by atoms with Gasteiger partial charge in [0.2, 0.25) is 0 Å². The molecule has 0 aliphatic heterocycles. The van der Waals surface area contributed by atoms with Gasteiger partial charge in [-0.15, -0.1) is 0 Å². The molecule has 0 fully saturated rings. The van der Waals surface area contributed by atoms with Crippen LogP contribution >= 0.6 is 39.7 Å². The lowest BCUT2D eigenvalue weighted by atomic mass is 10.2. The Morgan fingerprint density at radius 1 is 1.42 bits per heavy atom. The van der Waals surface area contributed by atoms with Crippen molar-refractivity contribution in [1.29, 1.82) is 0 Å². The third kappa shape index (κ3) is 3.23. The Hall–Kier alpha value is -1.17. The van der Waals surface area contributed by atoms with Crippen molar-refractivity contribution in [2.45, 2.75) is 0 Å². The van der Waals surface area contributed by atoms with Gasteiger partial charge in [-0.2, -0.15) is 0 Å². The number of thiocarbonyl (C=S) groups is 1. The summed E-state index contributed by atoms with van der Waals surface area (Å²) in [5.74, 6) is 0.768. The Bertz CT molecular complexity index is 633. The third-order valence-electron chi connectivity index (χ3n) is 2.62. The molecule has 0 amide bonds. The molecular formula is C13H11BrClN3S. The van der Waals surface area contributed by atoms with Crippen LogP contribution in [-0.2, 0) is 0 Å². The fraction of sp³-hybridized carbons (Fsp3) is 0.0769. The summed E-state index contributed by atoms with van der Waals surface area (Å²) in [5.41, 5.74) is 7.41. The average Bonchev–Trinajstić information content (AvgIpc) is 2.38. The molecule has 0 radical (unpaired) electrons. The van der Waals surface area contributed by atoms with Crippen LogP contribution in [0.1, 0.15) is 5.56 Å². The highest BCUT2D eigenvalue weighted by Crippen LogP contribution is 2.30. The zero-order valence-corrected chi connectivity index (χ0v) is 13.3. The number of halogens is 2. The molecule has 1 heterocycles. The van der Waals surface area contributed by atoms with Crippen molar-refractivity contribution >= 4 is 56.2 Å². The van der Waals surface area contributed by atoms with Gasteiger partial charge >= 0.3 is 0 Å². The van der Waals surface area contributed by atoms with Crippen LogP contribution in [0.4, 0.5) is 11.5 Å². The van der Waals surface area contributed by atoms with Gasteiger partial charge in [0.15, 0.2) is 0 Å². The molecule has 0 unspecified atom stereocenters. The lowest BCUT2D eigenvalue weighted by Crippen LogP contribution is -2.14. The summed E-state index contributed by atoms with van der Waals surface area (Å²) in [6.07, 6.45) is 1.61. The molecule has 1 aromatic carbocycles. The lowest BCUT2D eigenvalue weighted by molar-refractivity contribution is 1.12. The molecule has 98 valence electrons. The van der Waals surface area contributed by atoms with Crippen LogP contribution < -0.4 is 10.6 Å². The fourth-order valence-electron chi connectivity index (χ4n) is 1.64. The maximum absolute atomic E-state index is 5.89. The van der Waals surface area contributed by atoms with Crippen LogP contribution in [0.15, 0.2) is 41.0 Å². The summed E-state index contributed by atoms with van der Waals surface area (Å²) >= 11 is 14.3. The van der Waals surface area contributed by atoms with E-state index in [2.05, 4.69) is 20.9 Å². The Kier molecular flexibility index (Phi) is 4.39. The monoisotopic (exact) mass is 355 g/mol. The summed E-state index contributed by atoms with van der Waals surface area (Å²) < 4.78 is 0.822. The van der Waals surface area contributed by atoms with Crippen molar-refractivity contribution in [2.75, 3.05) is 11.9 Å². The van der Waals surface area contributed by atoms with E-state index in [-0.39, 0.29) is 0 Å². The van der Waals surface area contributed by atoms with Gasteiger partial charge < -0.3 is 10.6 Å². The second-order valence-electron chi connectivity index (χ2n) is 3.93. The minimum atomic E-state index is 0.374. The van der Waals surface area contributed by atoms with E-state index in [1.54, 1.807) is 12.3 Å². The first-order chi connectivity index (χ1) is 8.99. The topological polar surface area (TPSA) is 42.1 Å². The van der Waals surface area contributed by atoms with Gasteiger partial charge in [0.25, 0.3) is 0 Å². The molecule has 3 nitrogen and oxygen atoms in total. The van der Waals surface area contributed by atoms with Crippen LogP contribution in [0, 0.1) is 0 Å². The quantitative estimate of drug-likeness (QED) is 0.847. The van der Waals surface area contributed by atoms with Crippen LogP contribution in [-0.4, -0.2) is 17.0 Å². The van der Waals surface area contributed by atoms with Gasteiger partial charge in [-0.25, -0.2) is 4.98 Å². The summed E-state index contributed by atoms with van der Waals surface area (Å²) in [7, 11) is 1.92. The van der Waals surface area contributed by atoms with E-state index >= 15 is 0 Å². The molecule has 2 N–H and O–H groups in total. The molecule has 0 saturated heterocycles. The van der Waals surface area contributed by atoms with Crippen molar-refractivity contribution in [3.8, 4) is 0 Å². The molecule has 0 saturated carbocycles. The standard InChI is InChI=1S/C13H11BrClN3S/c1-18(13-11(14)6-9(15)7-17-13)10-4-2-3-8(5-10)12(16)19/h2-7H,1H3,(H2,16,19). The molecule has 0 spiro atoms. The number of hydrogen-bond acceptors (Lipinski definition) is 3. The maximum Gasteiger partial charge on any atom is 0.147 e. The summed E-state index contributed by atoms with van der Waals surface area (Å²) in [6, 6.07) is 9.47. The highest BCUT2D eigenvalue weighted by atomic mass is 79.9. The van der Waals surface area contributed by atoms with Crippen molar-refractivity contribution in [3.05, 3.63) is 51.6 Å². The minimum Gasteiger partial charge on any atom is -0.389 e. The fourth-order valence-corrected chi connectivity index (χ4v) is 2.68. The summed E-state index contributed by atoms with van der Waals surface area (Å²) in [5, 5.41) is 0.584. The zero-order valence-electron chi connectivity index (χ0n) is 10.1. The van der Waals surface area contributed by atoms with Gasteiger partial charge in [-0.1, -0.05) is 36.0 Å². The van der Waals surface area contributed by atoms with Crippen LogP contribution in [0.2, 0.25) is 5.02 Å². The Balaban J connectivity index is 2.41. The number of nitrogens with zero attached hydrogens (tertiary/aromatic N) is 2. The molecular weight excluding hydrogens is 346 g/mol. The van der Waals surface area contributed by atoms with Gasteiger partial charge in [-0.05, 0) is 34.1 Å². The second-order valence-corrected chi connectivity index (χ2v) is 5.66. The summed E-state index contributed by atoms with van der Waals surface area (Å²) in [4.78, 5) is 6.62. The lowest BCUT2D eigenvalue weighted by Gasteiger charge is -2.20. The Morgan fingerprint density at radius 3 is 2.79 bits per heavy atom. The molecule has 2 aromatic rings. The molecule has 0 atom stereocenters. The first kappa shape index (κ1) is 14.2. The van der Waals surface area contributed by atoms with Crippen molar-refractivity contribution in [1.82, 2.24) is 4.98 Å². The van der Waals surface area contributed by atoms with Crippen molar-refractivity contribution < 1.29 is 0 Å². The van der Waals surface area contributed by atoms with Crippen LogP contribution in [0.3, 0.4) is 0 Å². The average molecular weight is 357 g/mol. The normalized spacial score (nSPS) is 10.3. The molecule has 6 heteroatoms. The first-order valence-corrected chi connectivity index (χ1v) is 7.01. The highest BCUT2D eigenvalue weighted by molar-refractivity contribution is 9.10. The van der Waals surface area contributed by atoms with E-state index in [1.165, 1.54) is 0 Å². The number of nitrogens with two attached hydrogens (primary N) is 1. The van der Waals surface area contributed by atoms with Crippen molar-refractivity contribution in [3.63, 3.8) is 0 Å². The molecule has 19 heavy (non-hydrogen) atoms. The van der Waals surface area contributed by atoms with Gasteiger partial charge in [0.05, 0.1) is 9.50 Å². The van der Waals surface area contributed by atoms with Gasteiger partial charge in [0.1, 0.15) is 10.8 Å². The molecule has 0 aliphatic carbocycles. The van der Waals surface area contributed by atoms with Gasteiger partial charge in [-0.3, -0.25) is 0 Å². The van der Waals surface area contributed by atoms with E-state index in [0.717, 1.165) is 21.5 Å². The minimum absolute atomic E-state index is 0.374. The highest BCUT2D eigenvalue weighted by Gasteiger charge is 2.11. The van der Waals surface area contributed by atoms with E-state index in [4.69, 9.17) is 29.6 Å². The van der Waals surface area contributed by atoms with Gasteiger partial charge in [0, 0.05) is 24.5 Å². The molecule has 1 aromatic heterocycles. The number of benzene rings is 1. The Labute approximate surface area is 130 Å². The number of hydrogen-bond donors (Lipinski definition) is 1. The molecule has 0 aliphatic rings. The predicted molar refractivity (Wildman–Crippen MR) is 87.3 cm³/mol. The third-order valence-corrected chi connectivity index (χ3v) is 3.65. The van der Waals surface area contributed by atoms with E-state index in [9.17, 15) is 0 Å². The largest absolute Gasteiger partial charge is 0.389 e. The SMILES string of the molecule is CN(c1cccc(C(N)=S)c1)c1ncc(Cl)cc1Br. The zero-order chi connectivity index (χ0) is 14.0.